The molecule has 0 amide bonds. The van der Waals surface area contributed by atoms with Gasteiger partial charge in [-0.15, -0.1) is 0 Å². The van der Waals surface area contributed by atoms with Crippen LogP contribution in [0.25, 0.3) is 16.6 Å². The molecule has 14 heavy (non-hydrogen) atoms. The van der Waals surface area contributed by atoms with Gasteiger partial charge in [0.25, 0.3) is 0 Å². The fraction of sp³-hybridized carbons (Fsp3) is 0. The van der Waals surface area contributed by atoms with E-state index in [1.807, 2.05) is 42.7 Å². The minimum atomic E-state index is 0.761. The minimum Gasteiger partial charge on any atom is -0.397 e. The molecule has 0 radical (unpaired) electrons. The number of nitrogens with zero attached hydrogens (tertiary/aromatic N) is 2. The molecule has 0 saturated heterocycles. The number of nitrogens with two attached hydrogens (primary N) is 1. The molecule has 3 aromatic rings. The second-order valence-electron chi connectivity index (χ2n) is 3.28. The van der Waals surface area contributed by atoms with Crippen LogP contribution in [-0.4, -0.2) is 9.38 Å². The van der Waals surface area contributed by atoms with Crippen molar-refractivity contribution >= 4 is 22.2 Å². The van der Waals surface area contributed by atoms with E-state index in [2.05, 4.69) is 9.38 Å². The van der Waals surface area contributed by atoms with Gasteiger partial charge in [-0.05, 0) is 24.3 Å². The van der Waals surface area contributed by atoms with E-state index in [9.17, 15) is 0 Å². The normalized spacial score (nSPS) is 11.1. The third kappa shape index (κ3) is 0.836. The van der Waals surface area contributed by atoms with Crippen LogP contribution >= 0.6 is 0 Å². The van der Waals surface area contributed by atoms with Crippen LogP contribution in [-0.2, 0) is 0 Å². The first kappa shape index (κ1) is 7.38. The van der Waals surface area contributed by atoms with Gasteiger partial charge < -0.3 is 10.1 Å². The van der Waals surface area contributed by atoms with Gasteiger partial charge in [0.2, 0.25) is 0 Å². The molecule has 0 spiro atoms. The smallest absolute Gasteiger partial charge is 0.0946 e. The molecule has 0 aliphatic rings. The van der Waals surface area contributed by atoms with E-state index in [0.29, 0.717) is 0 Å². The molecule has 0 atom stereocenters. The summed E-state index contributed by atoms with van der Waals surface area (Å²) in [5, 5.41) is 0. The summed E-state index contributed by atoms with van der Waals surface area (Å²) in [5.74, 6) is 0. The predicted octanol–water partition coefficient (Wildman–Crippen LogP) is 2.07. The van der Waals surface area contributed by atoms with Crippen molar-refractivity contribution in [1.82, 2.24) is 9.38 Å². The quantitative estimate of drug-likeness (QED) is 0.542. The van der Waals surface area contributed by atoms with Gasteiger partial charge in [0.1, 0.15) is 0 Å². The van der Waals surface area contributed by atoms with Crippen molar-refractivity contribution in [3.05, 3.63) is 42.7 Å². The third-order valence-electron chi connectivity index (χ3n) is 2.40. The molecule has 2 heterocycles. The monoisotopic (exact) mass is 183 g/mol. The van der Waals surface area contributed by atoms with Crippen molar-refractivity contribution in [2.24, 2.45) is 0 Å². The van der Waals surface area contributed by atoms with Crippen molar-refractivity contribution in [2.75, 3.05) is 5.73 Å². The predicted molar refractivity (Wildman–Crippen MR) is 57.1 cm³/mol. The minimum absolute atomic E-state index is 0.761. The highest BCUT2D eigenvalue weighted by Gasteiger charge is 2.02. The highest BCUT2D eigenvalue weighted by molar-refractivity contribution is 5.88. The van der Waals surface area contributed by atoms with E-state index in [0.717, 1.165) is 22.2 Å². The highest BCUT2D eigenvalue weighted by atomic mass is 14.9. The van der Waals surface area contributed by atoms with Crippen LogP contribution in [0.3, 0.4) is 0 Å². The lowest BCUT2D eigenvalue weighted by Gasteiger charge is -2.04. The summed E-state index contributed by atoms with van der Waals surface area (Å²) in [5.41, 5.74) is 9.65. The molecule has 68 valence electrons. The number of para-hydroxylation sites is 1. The van der Waals surface area contributed by atoms with Gasteiger partial charge >= 0.3 is 0 Å². The summed E-state index contributed by atoms with van der Waals surface area (Å²) >= 11 is 0. The number of fused-ring (bicyclic) bond motifs is 3. The first-order valence-electron chi connectivity index (χ1n) is 4.46. The zero-order valence-electron chi connectivity index (χ0n) is 7.51. The fourth-order valence-electron chi connectivity index (χ4n) is 1.75. The summed E-state index contributed by atoms with van der Waals surface area (Å²) in [6.07, 6.45) is 3.84. The Bertz CT molecular complexity index is 610. The van der Waals surface area contributed by atoms with Crippen molar-refractivity contribution in [3.63, 3.8) is 0 Å². The van der Waals surface area contributed by atoms with Crippen LogP contribution in [0, 0.1) is 0 Å². The molecule has 1 aromatic carbocycles. The number of aromatic nitrogens is 2. The number of hydrogen-bond donors (Lipinski definition) is 1. The Hall–Kier alpha value is -2.03. The summed E-state index contributed by atoms with van der Waals surface area (Å²) in [6.45, 7) is 0. The summed E-state index contributed by atoms with van der Waals surface area (Å²) < 4.78 is 2.05. The third-order valence-corrected chi connectivity index (χ3v) is 2.40. The van der Waals surface area contributed by atoms with Gasteiger partial charge in [-0.1, -0.05) is 6.07 Å². The molecule has 2 N–H and O–H groups in total. The van der Waals surface area contributed by atoms with E-state index in [1.165, 1.54) is 0 Å². The maximum atomic E-state index is 5.92. The molecule has 3 rings (SSSR count). The van der Waals surface area contributed by atoms with Crippen LogP contribution in [0.2, 0.25) is 0 Å². The number of rotatable bonds is 0. The summed E-state index contributed by atoms with van der Waals surface area (Å²) in [7, 11) is 0. The Labute approximate surface area is 80.8 Å². The second kappa shape index (κ2) is 2.48. The first-order valence-corrected chi connectivity index (χ1v) is 4.46. The Balaban J connectivity index is 2.67. The molecule has 2 aromatic heterocycles. The van der Waals surface area contributed by atoms with E-state index < -0.39 is 0 Å². The topological polar surface area (TPSA) is 43.3 Å². The molecule has 0 saturated carbocycles. The first-order chi connectivity index (χ1) is 6.86. The second-order valence-corrected chi connectivity index (χ2v) is 3.28. The van der Waals surface area contributed by atoms with Crippen LogP contribution in [0.15, 0.2) is 42.7 Å². The maximum Gasteiger partial charge on any atom is 0.0946 e. The lowest BCUT2D eigenvalue weighted by Crippen LogP contribution is -1.94. The molecule has 0 aliphatic heterocycles. The molecule has 0 bridgehead atoms. The number of anilines is 1. The lowest BCUT2D eigenvalue weighted by atomic mass is 10.2. The van der Waals surface area contributed by atoms with E-state index >= 15 is 0 Å². The standard InChI is InChI=1S/C11H9N3/c12-9-4-1-5-10-11(9)14-6-2-3-8(14)7-13-10/h1-7H,12H2. The van der Waals surface area contributed by atoms with E-state index in [-0.39, 0.29) is 0 Å². The van der Waals surface area contributed by atoms with Gasteiger partial charge in [-0.25, -0.2) is 0 Å². The Morgan fingerprint density at radius 3 is 3.00 bits per heavy atom. The van der Waals surface area contributed by atoms with Gasteiger partial charge in [0.05, 0.1) is 28.4 Å². The number of hydrogen-bond acceptors (Lipinski definition) is 2. The van der Waals surface area contributed by atoms with Gasteiger partial charge in [0.15, 0.2) is 0 Å². The average molecular weight is 183 g/mol. The molecule has 0 unspecified atom stereocenters. The van der Waals surface area contributed by atoms with Gasteiger partial charge in [-0.3, -0.25) is 4.98 Å². The van der Waals surface area contributed by atoms with Crippen molar-refractivity contribution < 1.29 is 0 Å². The van der Waals surface area contributed by atoms with Crippen molar-refractivity contribution in [1.29, 1.82) is 0 Å². The number of benzene rings is 1. The lowest BCUT2D eigenvalue weighted by molar-refractivity contribution is 1.23. The average Bonchev–Trinajstić information content (AvgIpc) is 2.65. The zero-order chi connectivity index (χ0) is 9.54. The zero-order valence-corrected chi connectivity index (χ0v) is 7.51. The Kier molecular flexibility index (Phi) is 1.31. The SMILES string of the molecule is Nc1cccc2ncc3cccn3c12. The summed E-state index contributed by atoms with van der Waals surface area (Å²) in [6, 6.07) is 9.77. The van der Waals surface area contributed by atoms with E-state index in [4.69, 9.17) is 5.73 Å². The van der Waals surface area contributed by atoms with Crippen LogP contribution in [0.4, 0.5) is 5.69 Å². The molecular weight excluding hydrogens is 174 g/mol. The maximum absolute atomic E-state index is 5.92. The Morgan fingerprint density at radius 2 is 2.07 bits per heavy atom. The summed E-state index contributed by atoms with van der Waals surface area (Å²) in [4.78, 5) is 4.34. The molecule has 0 fully saturated rings. The van der Waals surface area contributed by atoms with Crippen LogP contribution < -0.4 is 5.73 Å². The van der Waals surface area contributed by atoms with E-state index in [1.54, 1.807) is 0 Å². The molecule has 0 aliphatic carbocycles. The van der Waals surface area contributed by atoms with Crippen molar-refractivity contribution in [2.45, 2.75) is 0 Å². The van der Waals surface area contributed by atoms with Gasteiger partial charge in [0, 0.05) is 6.20 Å². The van der Waals surface area contributed by atoms with Crippen LogP contribution in [0.1, 0.15) is 0 Å². The molecule has 3 nitrogen and oxygen atoms in total. The molecular formula is C11H9N3. The van der Waals surface area contributed by atoms with Crippen LogP contribution in [0.5, 0.6) is 0 Å². The Morgan fingerprint density at radius 1 is 1.14 bits per heavy atom. The fourth-order valence-corrected chi connectivity index (χ4v) is 1.75. The van der Waals surface area contributed by atoms with Crippen molar-refractivity contribution in [3.8, 4) is 0 Å². The molecule has 3 heteroatoms. The van der Waals surface area contributed by atoms with Gasteiger partial charge in [-0.2, -0.15) is 0 Å². The number of nitrogen functional groups attached to an aromatic ring is 1. The largest absolute Gasteiger partial charge is 0.397 e. The highest BCUT2D eigenvalue weighted by Crippen LogP contribution is 2.20.